The molecule has 0 aromatic carbocycles. The number of methoxy groups -OCH3 is 1. The van der Waals surface area contributed by atoms with Gasteiger partial charge in [-0.3, -0.25) is 0 Å². The zero-order chi connectivity index (χ0) is 15.0. The average molecular weight is 266 g/mol. The minimum atomic E-state index is -1.23. The molecular weight excluding hydrogens is 251 g/mol. The van der Waals surface area contributed by atoms with Crippen LogP contribution in [-0.2, 0) is 23.9 Å². The molecule has 0 spiro atoms. The first-order valence-corrected chi connectivity index (χ1v) is 4.33. The van der Waals surface area contributed by atoms with Crippen molar-refractivity contribution in [2.45, 2.75) is 0 Å². The molecule has 1 N–H and O–H groups in total. The van der Waals surface area contributed by atoms with E-state index in [-0.39, 0.29) is 18.9 Å². The van der Waals surface area contributed by atoms with Crippen molar-refractivity contribution in [2.24, 2.45) is 0 Å². The molecule has 8 heteroatoms. The van der Waals surface area contributed by atoms with Gasteiger partial charge in [-0.05, 0) is 6.08 Å². The van der Waals surface area contributed by atoms with Crippen LogP contribution in [0.4, 0.5) is 0 Å². The predicted octanol–water partition coefficient (Wildman–Crippen LogP) is -4.06. The number of hydrogen-bond donors (Lipinski definition) is 1. The maximum absolute atomic E-state index is 9.91. The SMILES string of the molecule is C=CC(=O)OC.C=CC(=O)OCO.C=CC(=O)[O-].[Li+]. The van der Waals surface area contributed by atoms with E-state index in [4.69, 9.17) is 15.0 Å². The molecule has 0 aliphatic heterocycles. The number of ether oxygens (including phenoxy) is 2. The molecule has 0 aliphatic carbocycles. The third kappa shape index (κ3) is 38.6. The number of carboxylic acid groups (broad SMARTS) is 1. The van der Waals surface area contributed by atoms with Gasteiger partial charge in [0, 0.05) is 12.2 Å². The van der Waals surface area contributed by atoms with E-state index in [2.05, 4.69) is 29.2 Å². The van der Waals surface area contributed by atoms with Crippen LogP contribution in [0.25, 0.3) is 0 Å². The number of aliphatic carboxylic acids is 1. The third-order valence-electron chi connectivity index (χ3n) is 0.908. The Morgan fingerprint density at radius 2 is 1.47 bits per heavy atom. The summed E-state index contributed by atoms with van der Waals surface area (Å²) in [6.07, 6.45) is 2.82. The van der Waals surface area contributed by atoms with Crippen LogP contribution in [0.15, 0.2) is 38.0 Å². The Morgan fingerprint density at radius 1 is 1.11 bits per heavy atom. The van der Waals surface area contributed by atoms with Gasteiger partial charge in [0.25, 0.3) is 0 Å². The van der Waals surface area contributed by atoms with Crippen molar-refractivity contribution >= 4 is 17.9 Å². The Bertz CT molecular complexity index is 299. The molecule has 102 valence electrons. The Hall–Kier alpha value is -1.81. The standard InChI is InChI=1S/C4H6O3.C4H6O2.C3H4O2.Li/c1-2-4(6)7-3-5;1-3-4(5)6-2;1-2-3(4)5;/h2,5H,1,3H2;3H,1H2,2H3;2H,1H2,(H,4,5);/q;;;+1/p-1. The summed E-state index contributed by atoms with van der Waals surface area (Å²) in [5.41, 5.74) is 0. The van der Waals surface area contributed by atoms with Gasteiger partial charge >= 0.3 is 30.8 Å². The van der Waals surface area contributed by atoms with Gasteiger partial charge in [0.15, 0.2) is 6.79 Å². The first-order chi connectivity index (χ1) is 8.39. The first kappa shape index (κ1) is 25.9. The van der Waals surface area contributed by atoms with E-state index in [9.17, 15) is 9.59 Å². The molecule has 19 heavy (non-hydrogen) atoms. The third-order valence-corrected chi connectivity index (χ3v) is 0.908. The Labute approximate surface area is 123 Å². The van der Waals surface area contributed by atoms with Gasteiger partial charge in [-0.2, -0.15) is 0 Å². The summed E-state index contributed by atoms with van der Waals surface area (Å²) in [4.78, 5) is 28.9. The van der Waals surface area contributed by atoms with Crippen LogP contribution in [0.5, 0.6) is 0 Å². The maximum atomic E-state index is 9.91. The molecule has 0 saturated heterocycles. The molecule has 0 aliphatic rings. The van der Waals surface area contributed by atoms with Gasteiger partial charge < -0.3 is 24.5 Å². The van der Waals surface area contributed by atoms with Crippen LogP contribution in [-0.4, -0.2) is 36.9 Å². The van der Waals surface area contributed by atoms with Crippen molar-refractivity contribution in [2.75, 3.05) is 13.9 Å². The zero-order valence-electron chi connectivity index (χ0n) is 11.0. The van der Waals surface area contributed by atoms with Crippen molar-refractivity contribution in [1.82, 2.24) is 0 Å². The predicted molar refractivity (Wildman–Crippen MR) is 60.8 cm³/mol. The molecule has 0 fully saturated rings. The fourth-order valence-electron chi connectivity index (χ4n) is 0.206. The number of esters is 2. The largest absolute Gasteiger partial charge is 1.00 e. The topological polar surface area (TPSA) is 113 Å². The molecule has 0 saturated carbocycles. The summed E-state index contributed by atoms with van der Waals surface area (Å²) < 4.78 is 8.13. The Balaban J connectivity index is -0.0000000878. The summed E-state index contributed by atoms with van der Waals surface area (Å²) in [6, 6.07) is 0. The molecule has 0 aromatic rings. The number of carbonyl (C=O) groups is 3. The van der Waals surface area contributed by atoms with Gasteiger partial charge in [0.05, 0.1) is 13.1 Å². The van der Waals surface area contributed by atoms with Crippen LogP contribution >= 0.6 is 0 Å². The summed E-state index contributed by atoms with van der Waals surface area (Å²) in [6.45, 7) is 8.57. The number of aliphatic hydroxyl groups is 1. The molecule has 0 amide bonds. The number of rotatable bonds is 4. The van der Waals surface area contributed by atoms with Crippen LogP contribution in [0, 0.1) is 0 Å². The molecule has 0 unspecified atom stereocenters. The fraction of sp³-hybridized carbons (Fsp3) is 0.182. The summed E-state index contributed by atoms with van der Waals surface area (Å²) >= 11 is 0. The van der Waals surface area contributed by atoms with E-state index in [1.807, 2.05) is 0 Å². The van der Waals surface area contributed by atoms with E-state index < -0.39 is 24.7 Å². The van der Waals surface area contributed by atoms with Crippen molar-refractivity contribution in [3.05, 3.63) is 38.0 Å². The van der Waals surface area contributed by atoms with Gasteiger partial charge in [-0.25, -0.2) is 9.59 Å². The van der Waals surface area contributed by atoms with E-state index in [1.165, 1.54) is 7.11 Å². The van der Waals surface area contributed by atoms with E-state index >= 15 is 0 Å². The minimum Gasteiger partial charge on any atom is -0.545 e. The van der Waals surface area contributed by atoms with Gasteiger partial charge in [-0.15, -0.1) is 0 Å². The zero-order valence-corrected chi connectivity index (χ0v) is 11.0. The van der Waals surface area contributed by atoms with Crippen molar-refractivity contribution < 1.29 is 52.9 Å². The minimum absolute atomic E-state index is 0. The smallest absolute Gasteiger partial charge is 0.545 e. The summed E-state index contributed by atoms with van der Waals surface area (Å²) in [5, 5.41) is 17.0. The molecule has 7 nitrogen and oxygen atoms in total. The Kier molecular flexibility index (Phi) is 29.3. The summed E-state index contributed by atoms with van der Waals surface area (Å²) in [5.74, 6) is -2.23. The van der Waals surface area contributed by atoms with Crippen molar-refractivity contribution in [3.63, 3.8) is 0 Å². The monoisotopic (exact) mass is 266 g/mol. The second-order valence-corrected chi connectivity index (χ2v) is 2.05. The van der Waals surface area contributed by atoms with Gasteiger partial charge in [-0.1, -0.05) is 19.7 Å². The molecular formula is C11H15LiO7. The fourth-order valence-corrected chi connectivity index (χ4v) is 0.206. The molecule has 0 rings (SSSR count). The maximum Gasteiger partial charge on any atom is 1.00 e. The number of carbonyl (C=O) groups excluding carboxylic acids is 3. The number of carboxylic acids is 1. The number of hydrogen-bond acceptors (Lipinski definition) is 7. The van der Waals surface area contributed by atoms with Crippen LogP contribution < -0.4 is 24.0 Å². The molecule has 0 radical (unpaired) electrons. The number of aliphatic hydroxyl groups excluding tert-OH is 1. The summed E-state index contributed by atoms with van der Waals surface area (Å²) in [7, 11) is 1.31. The van der Waals surface area contributed by atoms with Crippen LogP contribution in [0.3, 0.4) is 0 Å². The van der Waals surface area contributed by atoms with Crippen LogP contribution in [0.1, 0.15) is 0 Å². The normalized spacial score (nSPS) is 6.63. The second-order valence-electron chi connectivity index (χ2n) is 2.05. The van der Waals surface area contributed by atoms with Crippen molar-refractivity contribution in [3.8, 4) is 0 Å². The quantitative estimate of drug-likeness (QED) is 0.238. The van der Waals surface area contributed by atoms with Gasteiger partial charge in [0.1, 0.15) is 0 Å². The van der Waals surface area contributed by atoms with Crippen molar-refractivity contribution in [1.29, 1.82) is 0 Å². The van der Waals surface area contributed by atoms with Gasteiger partial charge in [0.2, 0.25) is 0 Å². The molecule has 0 atom stereocenters. The average Bonchev–Trinajstić information content (AvgIpc) is 2.39. The molecule has 0 bridgehead atoms. The molecule has 0 heterocycles. The van der Waals surface area contributed by atoms with E-state index in [1.54, 1.807) is 0 Å². The second kappa shape index (κ2) is 21.5. The first-order valence-electron chi connectivity index (χ1n) is 4.33. The molecule has 0 aromatic heterocycles. The Morgan fingerprint density at radius 3 is 1.53 bits per heavy atom. The van der Waals surface area contributed by atoms with Crippen LogP contribution in [0.2, 0.25) is 0 Å². The van der Waals surface area contributed by atoms with E-state index in [0.717, 1.165) is 18.2 Å². The van der Waals surface area contributed by atoms with E-state index in [0.29, 0.717) is 0 Å².